The summed E-state index contributed by atoms with van der Waals surface area (Å²) in [7, 11) is -1.68. The molecule has 0 bridgehead atoms. The predicted molar refractivity (Wildman–Crippen MR) is 67.1 cm³/mol. The molecule has 0 aliphatic carbocycles. The average molecular weight is 227 g/mol. The molecule has 0 aromatic rings. The number of nitriles is 1. The molecule has 0 radical (unpaired) electrons. The lowest BCUT2D eigenvalue weighted by Gasteiger charge is -2.37. The van der Waals surface area contributed by atoms with Gasteiger partial charge in [-0.05, 0) is 24.1 Å². The van der Waals surface area contributed by atoms with Gasteiger partial charge in [0, 0.05) is 0 Å². The third-order valence-electron chi connectivity index (χ3n) is 3.40. The molecule has 0 saturated heterocycles. The lowest BCUT2D eigenvalue weighted by atomic mass is 9.99. The highest BCUT2D eigenvalue weighted by atomic mass is 28.4. The molecule has 15 heavy (non-hydrogen) atoms. The lowest BCUT2D eigenvalue weighted by Crippen LogP contribution is -2.42. The summed E-state index contributed by atoms with van der Waals surface area (Å²) in [6.07, 6.45) is 0. The van der Waals surface area contributed by atoms with Crippen LogP contribution in [0.1, 0.15) is 34.6 Å². The average Bonchev–Trinajstić information content (AvgIpc) is 2.02. The first-order chi connectivity index (χ1) is 6.62. The van der Waals surface area contributed by atoms with Crippen molar-refractivity contribution >= 4 is 8.32 Å². The standard InChI is InChI=1S/C12H25NOSi/c1-10(2)11(8-13)9-14-15(6,7)12(3,4)5/h10-11H,9H2,1-7H3. The Bertz CT molecular complexity index is 235. The minimum atomic E-state index is -1.68. The minimum Gasteiger partial charge on any atom is -0.415 e. The van der Waals surface area contributed by atoms with Crippen molar-refractivity contribution in [3.8, 4) is 6.07 Å². The van der Waals surface area contributed by atoms with Crippen LogP contribution in [0.15, 0.2) is 0 Å². The summed E-state index contributed by atoms with van der Waals surface area (Å²) in [5.41, 5.74) is 0. The molecule has 0 rings (SSSR count). The maximum atomic E-state index is 8.98. The van der Waals surface area contributed by atoms with Crippen molar-refractivity contribution in [1.29, 1.82) is 5.26 Å². The number of nitrogens with zero attached hydrogens (tertiary/aromatic N) is 1. The molecule has 3 heteroatoms. The molecule has 0 fully saturated rings. The zero-order valence-electron chi connectivity index (χ0n) is 11.2. The first-order valence-electron chi connectivity index (χ1n) is 5.65. The second-order valence-corrected chi connectivity index (χ2v) is 10.9. The molecule has 0 aliphatic heterocycles. The number of hydrogen-bond donors (Lipinski definition) is 0. The van der Waals surface area contributed by atoms with Crippen LogP contribution in [0, 0.1) is 23.2 Å². The minimum absolute atomic E-state index is 0.0270. The van der Waals surface area contributed by atoms with Crippen molar-refractivity contribution in [2.45, 2.75) is 52.8 Å². The van der Waals surface area contributed by atoms with Crippen LogP contribution in [0.2, 0.25) is 18.1 Å². The fraction of sp³-hybridized carbons (Fsp3) is 0.917. The Balaban J connectivity index is 4.33. The summed E-state index contributed by atoms with van der Waals surface area (Å²) in [4.78, 5) is 0. The van der Waals surface area contributed by atoms with E-state index >= 15 is 0 Å². The summed E-state index contributed by atoms with van der Waals surface area (Å²) in [5.74, 6) is 0.402. The summed E-state index contributed by atoms with van der Waals surface area (Å²) in [6.45, 7) is 15.8. The van der Waals surface area contributed by atoms with Crippen LogP contribution < -0.4 is 0 Å². The van der Waals surface area contributed by atoms with E-state index < -0.39 is 8.32 Å². The summed E-state index contributed by atoms with van der Waals surface area (Å²) < 4.78 is 6.02. The normalized spacial score (nSPS) is 15.1. The van der Waals surface area contributed by atoms with E-state index in [0.29, 0.717) is 12.5 Å². The summed E-state index contributed by atoms with van der Waals surface area (Å²) in [5, 5.41) is 9.21. The van der Waals surface area contributed by atoms with E-state index in [1.165, 1.54) is 0 Å². The maximum Gasteiger partial charge on any atom is 0.192 e. The van der Waals surface area contributed by atoms with Gasteiger partial charge in [-0.2, -0.15) is 5.26 Å². The highest BCUT2D eigenvalue weighted by Crippen LogP contribution is 2.36. The van der Waals surface area contributed by atoms with Crippen molar-refractivity contribution in [2.75, 3.05) is 6.61 Å². The highest BCUT2D eigenvalue weighted by Gasteiger charge is 2.37. The van der Waals surface area contributed by atoms with Gasteiger partial charge in [0.05, 0.1) is 18.6 Å². The second-order valence-electron chi connectivity index (χ2n) is 6.05. The number of rotatable bonds is 4. The zero-order chi connectivity index (χ0) is 12.3. The van der Waals surface area contributed by atoms with Gasteiger partial charge in [-0.25, -0.2) is 0 Å². The largest absolute Gasteiger partial charge is 0.415 e. The molecule has 2 nitrogen and oxygen atoms in total. The molecule has 0 aliphatic rings. The van der Waals surface area contributed by atoms with Crippen molar-refractivity contribution in [1.82, 2.24) is 0 Å². The van der Waals surface area contributed by atoms with Gasteiger partial charge >= 0.3 is 0 Å². The van der Waals surface area contributed by atoms with Crippen molar-refractivity contribution < 1.29 is 4.43 Å². The van der Waals surface area contributed by atoms with Gasteiger partial charge in [0.2, 0.25) is 0 Å². The van der Waals surface area contributed by atoms with E-state index in [2.05, 4.69) is 53.8 Å². The first kappa shape index (κ1) is 14.7. The van der Waals surface area contributed by atoms with E-state index in [1.54, 1.807) is 0 Å². The van der Waals surface area contributed by atoms with Crippen molar-refractivity contribution in [3.05, 3.63) is 0 Å². The maximum absolute atomic E-state index is 8.98. The quantitative estimate of drug-likeness (QED) is 0.684. The third-order valence-corrected chi connectivity index (χ3v) is 7.90. The lowest BCUT2D eigenvalue weighted by molar-refractivity contribution is 0.227. The monoisotopic (exact) mass is 227 g/mol. The van der Waals surface area contributed by atoms with Crippen LogP contribution >= 0.6 is 0 Å². The summed E-state index contributed by atoms with van der Waals surface area (Å²) in [6, 6.07) is 2.32. The van der Waals surface area contributed by atoms with Crippen LogP contribution in [-0.4, -0.2) is 14.9 Å². The Morgan fingerprint density at radius 1 is 1.27 bits per heavy atom. The molecule has 0 amide bonds. The molecule has 0 N–H and O–H groups in total. The van der Waals surface area contributed by atoms with Gasteiger partial charge in [0.25, 0.3) is 0 Å². The number of hydrogen-bond acceptors (Lipinski definition) is 2. The smallest absolute Gasteiger partial charge is 0.192 e. The molecule has 1 atom stereocenters. The topological polar surface area (TPSA) is 33.0 Å². The Morgan fingerprint density at radius 2 is 1.73 bits per heavy atom. The third kappa shape index (κ3) is 4.36. The molecule has 0 saturated carbocycles. The van der Waals surface area contributed by atoms with Crippen LogP contribution in [-0.2, 0) is 4.43 Å². The molecule has 0 spiro atoms. The Hall–Kier alpha value is -0.333. The van der Waals surface area contributed by atoms with Gasteiger partial charge in [-0.1, -0.05) is 34.6 Å². The SMILES string of the molecule is CC(C)C(C#N)CO[Si](C)(C)C(C)(C)C. The van der Waals surface area contributed by atoms with Gasteiger partial charge in [-0.15, -0.1) is 0 Å². The van der Waals surface area contributed by atoms with Crippen LogP contribution in [0.3, 0.4) is 0 Å². The molecule has 0 heterocycles. The van der Waals surface area contributed by atoms with Gasteiger partial charge in [-0.3, -0.25) is 0 Å². The molecule has 0 aromatic carbocycles. The van der Waals surface area contributed by atoms with E-state index in [-0.39, 0.29) is 11.0 Å². The van der Waals surface area contributed by atoms with Crippen LogP contribution in [0.25, 0.3) is 0 Å². The Morgan fingerprint density at radius 3 is 2.00 bits per heavy atom. The van der Waals surface area contributed by atoms with Gasteiger partial charge < -0.3 is 4.43 Å². The molecular weight excluding hydrogens is 202 g/mol. The van der Waals surface area contributed by atoms with E-state index in [4.69, 9.17) is 9.69 Å². The van der Waals surface area contributed by atoms with Crippen molar-refractivity contribution in [2.24, 2.45) is 11.8 Å². The summed E-state index contributed by atoms with van der Waals surface area (Å²) >= 11 is 0. The highest BCUT2D eigenvalue weighted by molar-refractivity contribution is 6.74. The Kier molecular flexibility index (Phi) is 5.02. The van der Waals surface area contributed by atoms with E-state index in [0.717, 1.165) is 0 Å². The fourth-order valence-electron chi connectivity index (χ4n) is 0.893. The Labute approximate surface area is 95.8 Å². The first-order valence-corrected chi connectivity index (χ1v) is 8.56. The predicted octanol–water partition coefficient (Wildman–Crippen LogP) is 3.80. The molecule has 0 aromatic heterocycles. The van der Waals surface area contributed by atoms with E-state index in [9.17, 15) is 0 Å². The van der Waals surface area contributed by atoms with Gasteiger partial charge in [0.15, 0.2) is 8.32 Å². The second kappa shape index (κ2) is 5.13. The molecular formula is C12H25NOSi. The zero-order valence-corrected chi connectivity index (χ0v) is 12.2. The van der Waals surface area contributed by atoms with Gasteiger partial charge in [0.1, 0.15) is 0 Å². The van der Waals surface area contributed by atoms with Crippen LogP contribution in [0.5, 0.6) is 0 Å². The fourth-order valence-corrected chi connectivity index (χ4v) is 1.92. The van der Waals surface area contributed by atoms with E-state index in [1.807, 2.05) is 0 Å². The van der Waals surface area contributed by atoms with Crippen LogP contribution in [0.4, 0.5) is 0 Å². The van der Waals surface area contributed by atoms with Crippen molar-refractivity contribution in [3.63, 3.8) is 0 Å². The molecule has 88 valence electrons. The molecule has 1 unspecified atom stereocenters.